The van der Waals surface area contributed by atoms with Crippen molar-refractivity contribution in [2.75, 3.05) is 32.8 Å². The average molecular weight is 252 g/mol. The van der Waals surface area contributed by atoms with Crippen LogP contribution < -0.4 is 10.6 Å². The first-order valence-electron chi connectivity index (χ1n) is 6.62. The molecule has 1 aliphatic heterocycles. The van der Waals surface area contributed by atoms with Gasteiger partial charge in [0.2, 0.25) is 0 Å². The zero-order valence-electron chi connectivity index (χ0n) is 10.6. The monoisotopic (exact) mass is 252 g/mol. The van der Waals surface area contributed by atoms with Gasteiger partial charge < -0.3 is 15.4 Å². The van der Waals surface area contributed by atoms with Crippen LogP contribution in [0.4, 0.5) is 4.39 Å². The lowest BCUT2D eigenvalue weighted by Gasteiger charge is -2.23. The second-order valence-electron chi connectivity index (χ2n) is 4.62. The van der Waals surface area contributed by atoms with Crippen LogP contribution in [0.1, 0.15) is 12.0 Å². The van der Waals surface area contributed by atoms with Crippen molar-refractivity contribution in [1.82, 2.24) is 10.6 Å². The minimum Gasteiger partial charge on any atom is -0.376 e. The molecule has 0 saturated carbocycles. The number of hydrogen-bond donors (Lipinski definition) is 2. The SMILES string of the molecule is Fc1cccc(CCNCCC2CNCCO2)c1. The highest BCUT2D eigenvalue weighted by atomic mass is 19.1. The van der Waals surface area contributed by atoms with Crippen molar-refractivity contribution >= 4 is 0 Å². The number of hydrogen-bond acceptors (Lipinski definition) is 3. The van der Waals surface area contributed by atoms with Crippen molar-refractivity contribution in [3.05, 3.63) is 35.6 Å². The van der Waals surface area contributed by atoms with Gasteiger partial charge in [0.25, 0.3) is 0 Å². The van der Waals surface area contributed by atoms with Crippen LogP contribution >= 0.6 is 0 Å². The molecule has 1 saturated heterocycles. The molecule has 0 aromatic heterocycles. The predicted molar refractivity (Wildman–Crippen MR) is 70.2 cm³/mol. The van der Waals surface area contributed by atoms with Gasteiger partial charge in [0.15, 0.2) is 0 Å². The molecule has 1 aromatic rings. The number of morpholine rings is 1. The molecule has 1 aromatic carbocycles. The quantitative estimate of drug-likeness (QED) is 0.750. The molecule has 2 rings (SSSR count). The van der Waals surface area contributed by atoms with Gasteiger partial charge in [0.1, 0.15) is 5.82 Å². The van der Waals surface area contributed by atoms with Crippen molar-refractivity contribution < 1.29 is 9.13 Å². The largest absolute Gasteiger partial charge is 0.376 e. The Balaban J connectivity index is 1.55. The lowest BCUT2D eigenvalue weighted by Crippen LogP contribution is -2.40. The number of rotatable bonds is 6. The Hall–Kier alpha value is -0.970. The van der Waals surface area contributed by atoms with Crippen molar-refractivity contribution in [2.45, 2.75) is 18.9 Å². The standard InChI is InChI=1S/C14H21FN2O/c15-13-3-1-2-12(10-13)4-6-16-7-5-14-11-17-8-9-18-14/h1-3,10,14,16-17H,4-9,11H2. The average Bonchev–Trinajstić information content (AvgIpc) is 2.40. The summed E-state index contributed by atoms with van der Waals surface area (Å²) in [6.45, 7) is 4.55. The second-order valence-corrected chi connectivity index (χ2v) is 4.62. The van der Waals surface area contributed by atoms with E-state index in [-0.39, 0.29) is 5.82 Å². The Morgan fingerprint density at radius 2 is 2.33 bits per heavy atom. The Morgan fingerprint density at radius 3 is 3.11 bits per heavy atom. The number of halogens is 1. The van der Waals surface area contributed by atoms with Gasteiger partial charge in [-0.1, -0.05) is 12.1 Å². The highest BCUT2D eigenvalue weighted by molar-refractivity contribution is 5.16. The van der Waals surface area contributed by atoms with E-state index >= 15 is 0 Å². The summed E-state index contributed by atoms with van der Waals surface area (Å²) >= 11 is 0. The third kappa shape index (κ3) is 4.72. The summed E-state index contributed by atoms with van der Waals surface area (Å²) in [7, 11) is 0. The number of nitrogens with one attached hydrogen (secondary N) is 2. The number of ether oxygens (including phenoxy) is 1. The molecule has 1 heterocycles. The van der Waals surface area contributed by atoms with Gasteiger partial charge >= 0.3 is 0 Å². The van der Waals surface area contributed by atoms with Gasteiger partial charge in [-0.25, -0.2) is 4.39 Å². The Labute approximate surface area is 108 Å². The minimum atomic E-state index is -0.158. The van der Waals surface area contributed by atoms with Crippen LogP contribution in [0.15, 0.2) is 24.3 Å². The Bertz CT molecular complexity index is 353. The summed E-state index contributed by atoms with van der Waals surface area (Å²) in [6, 6.07) is 6.78. The summed E-state index contributed by atoms with van der Waals surface area (Å²) in [4.78, 5) is 0. The highest BCUT2D eigenvalue weighted by Gasteiger charge is 2.11. The lowest BCUT2D eigenvalue weighted by molar-refractivity contribution is 0.0239. The molecule has 0 aliphatic carbocycles. The first-order valence-corrected chi connectivity index (χ1v) is 6.62. The molecule has 0 bridgehead atoms. The third-order valence-corrected chi connectivity index (χ3v) is 3.13. The summed E-state index contributed by atoms with van der Waals surface area (Å²) in [5.74, 6) is -0.158. The highest BCUT2D eigenvalue weighted by Crippen LogP contribution is 2.04. The van der Waals surface area contributed by atoms with E-state index in [1.165, 1.54) is 6.07 Å². The predicted octanol–water partition coefficient (Wildman–Crippen LogP) is 1.34. The second kappa shape index (κ2) is 7.46. The molecule has 2 N–H and O–H groups in total. The molecule has 1 unspecified atom stereocenters. The van der Waals surface area contributed by atoms with Crippen molar-refractivity contribution in [3.8, 4) is 0 Å². The van der Waals surface area contributed by atoms with Crippen molar-refractivity contribution in [2.24, 2.45) is 0 Å². The van der Waals surface area contributed by atoms with Crippen molar-refractivity contribution in [3.63, 3.8) is 0 Å². The first-order chi connectivity index (χ1) is 8.84. The van der Waals surface area contributed by atoms with E-state index in [2.05, 4.69) is 10.6 Å². The van der Waals surface area contributed by atoms with Crippen LogP contribution in [-0.4, -0.2) is 38.9 Å². The molecule has 18 heavy (non-hydrogen) atoms. The minimum absolute atomic E-state index is 0.158. The molecular weight excluding hydrogens is 231 g/mol. The van der Waals surface area contributed by atoms with E-state index in [0.29, 0.717) is 6.10 Å². The molecule has 3 nitrogen and oxygen atoms in total. The zero-order valence-corrected chi connectivity index (χ0v) is 10.6. The normalized spacial score (nSPS) is 19.9. The van der Waals surface area contributed by atoms with Crippen LogP contribution in [0.2, 0.25) is 0 Å². The maximum Gasteiger partial charge on any atom is 0.123 e. The van der Waals surface area contributed by atoms with Gasteiger partial charge in [-0.3, -0.25) is 0 Å². The fourth-order valence-electron chi connectivity index (χ4n) is 2.12. The van der Waals surface area contributed by atoms with Gasteiger partial charge in [-0.2, -0.15) is 0 Å². The van der Waals surface area contributed by atoms with E-state index in [9.17, 15) is 4.39 Å². The van der Waals surface area contributed by atoms with Crippen LogP contribution in [0.25, 0.3) is 0 Å². The van der Waals surface area contributed by atoms with Crippen LogP contribution in [0, 0.1) is 5.82 Å². The van der Waals surface area contributed by atoms with E-state index < -0.39 is 0 Å². The van der Waals surface area contributed by atoms with E-state index in [4.69, 9.17) is 4.74 Å². The molecule has 1 fully saturated rings. The van der Waals surface area contributed by atoms with E-state index in [1.54, 1.807) is 12.1 Å². The van der Waals surface area contributed by atoms with Crippen LogP contribution in [0.3, 0.4) is 0 Å². The summed E-state index contributed by atoms with van der Waals surface area (Å²) in [6.07, 6.45) is 2.22. The maximum atomic E-state index is 12.9. The molecule has 0 amide bonds. The zero-order chi connectivity index (χ0) is 12.6. The molecule has 4 heteroatoms. The first kappa shape index (κ1) is 13.5. The van der Waals surface area contributed by atoms with Crippen LogP contribution in [-0.2, 0) is 11.2 Å². The number of benzene rings is 1. The Kier molecular flexibility index (Phi) is 5.58. The van der Waals surface area contributed by atoms with Crippen molar-refractivity contribution in [1.29, 1.82) is 0 Å². The lowest BCUT2D eigenvalue weighted by atomic mass is 10.1. The molecular formula is C14H21FN2O. The van der Waals surface area contributed by atoms with Gasteiger partial charge in [0.05, 0.1) is 12.7 Å². The van der Waals surface area contributed by atoms with Gasteiger partial charge in [-0.05, 0) is 43.6 Å². The summed E-state index contributed by atoms with van der Waals surface area (Å²) < 4.78 is 18.5. The molecule has 1 aliphatic rings. The van der Waals surface area contributed by atoms with Crippen LogP contribution in [0.5, 0.6) is 0 Å². The van der Waals surface area contributed by atoms with Gasteiger partial charge in [-0.15, -0.1) is 0 Å². The molecule has 0 spiro atoms. The van der Waals surface area contributed by atoms with E-state index in [0.717, 1.165) is 51.2 Å². The Morgan fingerprint density at radius 1 is 1.39 bits per heavy atom. The molecule has 1 atom stereocenters. The fourth-order valence-corrected chi connectivity index (χ4v) is 2.12. The molecule has 100 valence electrons. The summed E-state index contributed by atoms with van der Waals surface area (Å²) in [5, 5.41) is 6.68. The topological polar surface area (TPSA) is 33.3 Å². The fraction of sp³-hybridized carbons (Fsp3) is 0.571. The summed E-state index contributed by atoms with van der Waals surface area (Å²) in [5.41, 5.74) is 1.04. The molecule has 0 radical (unpaired) electrons. The van der Waals surface area contributed by atoms with E-state index in [1.807, 2.05) is 6.07 Å². The maximum absolute atomic E-state index is 12.9. The third-order valence-electron chi connectivity index (χ3n) is 3.13. The van der Waals surface area contributed by atoms with Gasteiger partial charge in [0, 0.05) is 13.1 Å². The smallest absolute Gasteiger partial charge is 0.123 e.